The molecule has 0 spiro atoms. The van der Waals surface area contributed by atoms with Crippen molar-refractivity contribution in [3.63, 3.8) is 0 Å². The highest BCUT2D eigenvalue weighted by Crippen LogP contribution is 2.27. The highest BCUT2D eigenvalue weighted by Gasteiger charge is 2.20. The number of rotatable bonds is 10. The molecular formula is C20H33NO4. The van der Waals surface area contributed by atoms with E-state index in [-0.39, 0.29) is 0 Å². The number of hydrogen-bond donors (Lipinski definition) is 2. The van der Waals surface area contributed by atoms with E-state index in [1.54, 1.807) is 14.2 Å². The van der Waals surface area contributed by atoms with Crippen LogP contribution >= 0.6 is 0 Å². The molecule has 2 N–H and O–H groups in total. The Labute approximate surface area is 151 Å². The number of aliphatic hydroxyl groups excluding tert-OH is 1. The molecular weight excluding hydrogens is 318 g/mol. The van der Waals surface area contributed by atoms with Gasteiger partial charge in [0.1, 0.15) is 0 Å². The Balaban J connectivity index is 1.62. The van der Waals surface area contributed by atoms with Crippen LogP contribution in [0.25, 0.3) is 0 Å². The molecule has 1 aliphatic carbocycles. The average Bonchev–Trinajstić information content (AvgIpc) is 2.63. The topological polar surface area (TPSA) is 60.0 Å². The van der Waals surface area contributed by atoms with Gasteiger partial charge in [-0.15, -0.1) is 0 Å². The minimum atomic E-state index is -0.456. The summed E-state index contributed by atoms with van der Waals surface area (Å²) in [7, 11) is 3.28. The van der Waals surface area contributed by atoms with Crippen LogP contribution in [-0.4, -0.2) is 51.2 Å². The largest absolute Gasteiger partial charge is 0.493 e. The second-order valence-corrected chi connectivity index (χ2v) is 7.02. The normalized spacial score (nSPS) is 21.8. The Morgan fingerprint density at radius 1 is 1.20 bits per heavy atom. The lowest BCUT2D eigenvalue weighted by molar-refractivity contribution is -0.0305. The first kappa shape index (κ1) is 20.0. The lowest BCUT2D eigenvalue weighted by Crippen LogP contribution is -2.34. The molecule has 1 aromatic carbocycles. The van der Waals surface area contributed by atoms with Crippen molar-refractivity contribution >= 4 is 0 Å². The molecule has 0 saturated heterocycles. The number of methoxy groups -OCH3 is 2. The predicted octanol–water partition coefficient (Wildman–Crippen LogP) is 2.79. The molecule has 1 aromatic rings. The lowest BCUT2D eigenvalue weighted by atomic mass is 9.89. The highest BCUT2D eigenvalue weighted by atomic mass is 16.5. The molecule has 25 heavy (non-hydrogen) atoms. The second-order valence-electron chi connectivity index (χ2n) is 7.02. The summed E-state index contributed by atoms with van der Waals surface area (Å²) in [6.45, 7) is 4.05. The first-order valence-electron chi connectivity index (χ1n) is 9.33. The molecule has 0 amide bonds. The predicted molar refractivity (Wildman–Crippen MR) is 99.5 cm³/mol. The van der Waals surface area contributed by atoms with Gasteiger partial charge in [0.25, 0.3) is 0 Å². The third kappa shape index (κ3) is 6.84. The number of aliphatic hydroxyl groups is 1. The van der Waals surface area contributed by atoms with Gasteiger partial charge in [0.2, 0.25) is 0 Å². The summed E-state index contributed by atoms with van der Waals surface area (Å²) in [6, 6.07) is 5.94. The molecule has 0 aromatic heterocycles. The van der Waals surface area contributed by atoms with Gasteiger partial charge in [-0.1, -0.05) is 25.8 Å². The third-order valence-corrected chi connectivity index (χ3v) is 4.83. The van der Waals surface area contributed by atoms with Gasteiger partial charge < -0.3 is 24.6 Å². The lowest BCUT2D eigenvalue weighted by Gasteiger charge is -2.27. The molecule has 0 bridgehead atoms. The molecule has 0 radical (unpaired) electrons. The maximum atomic E-state index is 10.1. The van der Waals surface area contributed by atoms with Crippen LogP contribution in [0.2, 0.25) is 0 Å². The number of benzene rings is 1. The molecule has 1 saturated carbocycles. The molecule has 0 unspecified atom stereocenters. The number of hydrogen-bond acceptors (Lipinski definition) is 5. The maximum absolute atomic E-state index is 10.1. The molecule has 0 aliphatic heterocycles. The molecule has 1 fully saturated rings. The zero-order valence-electron chi connectivity index (χ0n) is 15.8. The molecule has 5 heteroatoms. The van der Waals surface area contributed by atoms with E-state index in [9.17, 15) is 5.11 Å². The summed E-state index contributed by atoms with van der Waals surface area (Å²) < 4.78 is 16.4. The van der Waals surface area contributed by atoms with Crippen LogP contribution in [0.4, 0.5) is 0 Å². The van der Waals surface area contributed by atoms with Gasteiger partial charge in [0.15, 0.2) is 11.5 Å². The smallest absolute Gasteiger partial charge is 0.160 e. The standard InChI is InChI=1S/C20H33NO4/c1-15-5-4-6-18(11-15)25-14-17(22)13-21-10-9-16-7-8-19(23-2)20(12-16)24-3/h7-8,12,15,17-18,21-22H,4-6,9-11,13-14H2,1-3H3/t15-,17-,18-/m0/s1. The van der Waals surface area contributed by atoms with Crippen molar-refractivity contribution in [1.82, 2.24) is 5.32 Å². The van der Waals surface area contributed by atoms with Crippen molar-refractivity contribution in [1.29, 1.82) is 0 Å². The van der Waals surface area contributed by atoms with Crippen LogP contribution in [0.15, 0.2) is 18.2 Å². The Morgan fingerprint density at radius 3 is 2.72 bits per heavy atom. The van der Waals surface area contributed by atoms with Crippen molar-refractivity contribution in [3.05, 3.63) is 23.8 Å². The van der Waals surface area contributed by atoms with Gasteiger partial charge in [0.05, 0.1) is 33.0 Å². The van der Waals surface area contributed by atoms with Crippen LogP contribution in [0.5, 0.6) is 11.5 Å². The fourth-order valence-electron chi connectivity index (χ4n) is 3.37. The summed E-state index contributed by atoms with van der Waals surface area (Å²) in [4.78, 5) is 0. The van der Waals surface area contributed by atoms with E-state index in [2.05, 4.69) is 12.2 Å². The van der Waals surface area contributed by atoms with Gasteiger partial charge in [-0.05, 0) is 49.4 Å². The van der Waals surface area contributed by atoms with E-state index in [0.717, 1.165) is 43.2 Å². The van der Waals surface area contributed by atoms with E-state index in [1.807, 2.05) is 18.2 Å². The van der Waals surface area contributed by atoms with E-state index in [4.69, 9.17) is 14.2 Å². The van der Waals surface area contributed by atoms with Gasteiger partial charge in [-0.2, -0.15) is 0 Å². The molecule has 0 heterocycles. The Hall–Kier alpha value is -1.30. The summed E-state index contributed by atoms with van der Waals surface area (Å²) in [5.74, 6) is 2.23. The van der Waals surface area contributed by atoms with Crippen molar-refractivity contribution < 1.29 is 19.3 Å². The maximum Gasteiger partial charge on any atom is 0.160 e. The number of ether oxygens (including phenoxy) is 3. The van der Waals surface area contributed by atoms with Gasteiger partial charge in [-0.3, -0.25) is 0 Å². The second kappa shape index (κ2) is 10.6. The SMILES string of the molecule is COc1ccc(CCNC[C@H](O)CO[C@H]2CCC[C@H](C)C2)cc1OC. The Morgan fingerprint density at radius 2 is 2.00 bits per heavy atom. The summed E-state index contributed by atoms with van der Waals surface area (Å²) >= 11 is 0. The van der Waals surface area contributed by atoms with Crippen molar-refractivity contribution in [2.45, 2.75) is 51.2 Å². The zero-order chi connectivity index (χ0) is 18.1. The third-order valence-electron chi connectivity index (χ3n) is 4.83. The van der Waals surface area contributed by atoms with Crippen LogP contribution in [0.3, 0.4) is 0 Å². The van der Waals surface area contributed by atoms with E-state index < -0.39 is 6.10 Å². The van der Waals surface area contributed by atoms with Crippen molar-refractivity contribution in [3.8, 4) is 11.5 Å². The minimum absolute atomic E-state index is 0.324. The minimum Gasteiger partial charge on any atom is -0.493 e. The van der Waals surface area contributed by atoms with Crippen LogP contribution in [0.1, 0.15) is 38.2 Å². The van der Waals surface area contributed by atoms with Gasteiger partial charge in [-0.25, -0.2) is 0 Å². The van der Waals surface area contributed by atoms with Crippen molar-refractivity contribution in [2.75, 3.05) is 33.9 Å². The van der Waals surface area contributed by atoms with Crippen LogP contribution < -0.4 is 14.8 Å². The molecule has 142 valence electrons. The molecule has 3 atom stereocenters. The van der Waals surface area contributed by atoms with Crippen LogP contribution in [-0.2, 0) is 11.2 Å². The Bertz CT molecular complexity index is 508. The zero-order valence-corrected chi connectivity index (χ0v) is 15.8. The highest BCUT2D eigenvalue weighted by molar-refractivity contribution is 5.42. The summed E-state index contributed by atoms with van der Waals surface area (Å²) in [5, 5.41) is 13.4. The first-order chi connectivity index (χ1) is 12.1. The van der Waals surface area contributed by atoms with Crippen molar-refractivity contribution in [2.24, 2.45) is 5.92 Å². The molecule has 1 aliphatic rings. The van der Waals surface area contributed by atoms with E-state index in [1.165, 1.54) is 18.4 Å². The summed E-state index contributed by atoms with van der Waals surface area (Å²) in [6.07, 6.45) is 5.54. The molecule has 5 nitrogen and oxygen atoms in total. The Kier molecular flexibility index (Phi) is 8.52. The van der Waals surface area contributed by atoms with E-state index in [0.29, 0.717) is 19.3 Å². The molecule has 2 rings (SSSR count). The monoisotopic (exact) mass is 351 g/mol. The van der Waals surface area contributed by atoms with Gasteiger partial charge in [0, 0.05) is 6.54 Å². The first-order valence-corrected chi connectivity index (χ1v) is 9.33. The fourth-order valence-corrected chi connectivity index (χ4v) is 3.37. The van der Waals surface area contributed by atoms with Crippen LogP contribution in [0, 0.1) is 5.92 Å². The summed E-state index contributed by atoms with van der Waals surface area (Å²) in [5.41, 5.74) is 1.17. The fraction of sp³-hybridized carbons (Fsp3) is 0.700. The average molecular weight is 351 g/mol. The quantitative estimate of drug-likeness (QED) is 0.635. The van der Waals surface area contributed by atoms with Gasteiger partial charge >= 0.3 is 0 Å². The van der Waals surface area contributed by atoms with E-state index >= 15 is 0 Å². The number of nitrogens with one attached hydrogen (secondary N) is 1.